The molecule has 0 aliphatic heterocycles. The number of aromatic hydroxyl groups is 1. The van der Waals surface area contributed by atoms with E-state index in [1.54, 1.807) is 24.3 Å². The molecule has 10 heteroatoms. The number of nitrogens with zero attached hydrogens (tertiary/aromatic N) is 5. The second-order valence-corrected chi connectivity index (χ2v) is 11.1. The molecular weight excluding hydrogens is 493 g/mol. The molecule has 1 saturated carbocycles. The van der Waals surface area contributed by atoms with E-state index in [2.05, 4.69) is 11.1 Å². The maximum absolute atomic E-state index is 15.0. The summed E-state index contributed by atoms with van der Waals surface area (Å²) in [5.41, 5.74) is 1.64. The van der Waals surface area contributed by atoms with Crippen LogP contribution in [0.5, 0.6) is 5.75 Å². The number of nitriles is 1. The molecule has 186 valence electrons. The predicted molar refractivity (Wildman–Crippen MR) is 136 cm³/mol. The zero-order valence-corrected chi connectivity index (χ0v) is 20.4. The fourth-order valence-electron chi connectivity index (χ4n) is 5.24. The fourth-order valence-corrected chi connectivity index (χ4v) is 6.56. The number of phenolic OH excluding ortho intramolecular Hbond substituents is 1. The van der Waals surface area contributed by atoms with Crippen molar-refractivity contribution >= 4 is 32.1 Å². The third kappa shape index (κ3) is 3.74. The highest BCUT2D eigenvalue weighted by Gasteiger charge is 2.29. The van der Waals surface area contributed by atoms with Crippen molar-refractivity contribution in [2.24, 2.45) is 5.92 Å². The molecule has 2 aromatic carbocycles. The molecular formula is C27H22FN5O3S. The van der Waals surface area contributed by atoms with Gasteiger partial charge in [-0.3, -0.25) is 0 Å². The number of phenols is 1. The number of benzene rings is 2. The van der Waals surface area contributed by atoms with Crippen LogP contribution in [0.15, 0.2) is 71.9 Å². The molecule has 8 nitrogen and oxygen atoms in total. The molecule has 0 bridgehead atoms. The van der Waals surface area contributed by atoms with Gasteiger partial charge in [0.2, 0.25) is 0 Å². The Morgan fingerprint density at radius 3 is 2.51 bits per heavy atom. The number of rotatable bonds is 4. The van der Waals surface area contributed by atoms with Gasteiger partial charge in [-0.1, -0.05) is 18.2 Å². The van der Waals surface area contributed by atoms with Crippen LogP contribution in [-0.4, -0.2) is 32.0 Å². The second-order valence-electron chi connectivity index (χ2n) is 9.26. The van der Waals surface area contributed by atoms with Gasteiger partial charge >= 0.3 is 0 Å². The quantitative estimate of drug-likeness (QED) is 0.343. The Bertz CT molecular complexity index is 1800. The van der Waals surface area contributed by atoms with Gasteiger partial charge in [0.1, 0.15) is 22.9 Å². The molecule has 1 aliphatic rings. The molecule has 3 aromatic heterocycles. The number of hydrogen-bond acceptors (Lipinski definition) is 6. The summed E-state index contributed by atoms with van der Waals surface area (Å²) in [4.78, 5) is 9.31. The van der Waals surface area contributed by atoms with E-state index in [-0.39, 0.29) is 33.8 Å². The molecule has 1 aliphatic carbocycles. The lowest BCUT2D eigenvalue weighted by Crippen LogP contribution is -2.18. The van der Waals surface area contributed by atoms with Gasteiger partial charge in [0.05, 0.1) is 28.2 Å². The third-order valence-electron chi connectivity index (χ3n) is 7.07. The minimum absolute atomic E-state index is 0.0290. The SMILES string of the molecule is N#CC1CCC(n2c(-c3ccc(O)cc3F)nc3cnc4c(ccn4S(=O)(=O)c4ccccc4)c32)CC1. The molecule has 0 saturated heterocycles. The van der Waals surface area contributed by atoms with Crippen LogP contribution < -0.4 is 0 Å². The van der Waals surface area contributed by atoms with E-state index in [4.69, 9.17) is 4.98 Å². The number of aromatic nitrogens is 4. The maximum atomic E-state index is 15.0. The molecule has 37 heavy (non-hydrogen) atoms. The molecule has 0 amide bonds. The van der Waals surface area contributed by atoms with Crippen LogP contribution in [0, 0.1) is 23.1 Å². The Morgan fingerprint density at radius 2 is 1.81 bits per heavy atom. The first-order chi connectivity index (χ1) is 17.9. The normalized spacial score (nSPS) is 18.3. The Labute approximate surface area is 212 Å². The summed E-state index contributed by atoms with van der Waals surface area (Å²) in [6, 6.07) is 16.0. The maximum Gasteiger partial charge on any atom is 0.269 e. The van der Waals surface area contributed by atoms with E-state index >= 15 is 4.39 Å². The Balaban J connectivity index is 1.60. The third-order valence-corrected chi connectivity index (χ3v) is 8.75. The van der Waals surface area contributed by atoms with Crippen molar-refractivity contribution in [3.05, 3.63) is 72.8 Å². The average molecular weight is 516 g/mol. The summed E-state index contributed by atoms with van der Waals surface area (Å²) < 4.78 is 45.0. The topological polar surface area (TPSA) is 114 Å². The zero-order chi connectivity index (χ0) is 25.7. The van der Waals surface area contributed by atoms with Gasteiger partial charge in [0, 0.05) is 29.6 Å². The van der Waals surface area contributed by atoms with Crippen molar-refractivity contribution < 1.29 is 17.9 Å². The van der Waals surface area contributed by atoms with E-state index in [9.17, 15) is 18.8 Å². The van der Waals surface area contributed by atoms with Crippen LogP contribution in [0.4, 0.5) is 4.39 Å². The molecule has 5 aromatic rings. The summed E-state index contributed by atoms with van der Waals surface area (Å²) in [5, 5.41) is 19.7. The minimum atomic E-state index is -3.90. The van der Waals surface area contributed by atoms with Crippen molar-refractivity contribution in [3.63, 3.8) is 0 Å². The van der Waals surface area contributed by atoms with E-state index in [1.807, 2.05) is 4.57 Å². The number of fused-ring (bicyclic) bond motifs is 3. The first kappa shape index (κ1) is 23.2. The molecule has 3 heterocycles. The van der Waals surface area contributed by atoms with Crippen LogP contribution in [0.25, 0.3) is 33.5 Å². The summed E-state index contributed by atoms with van der Waals surface area (Å²) >= 11 is 0. The summed E-state index contributed by atoms with van der Waals surface area (Å²) in [5.74, 6) is -0.457. The van der Waals surface area contributed by atoms with Gasteiger partial charge in [0.15, 0.2) is 5.65 Å². The predicted octanol–water partition coefficient (Wildman–Crippen LogP) is 5.39. The summed E-state index contributed by atoms with van der Waals surface area (Å²) in [7, 11) is -3.90. The van der Waals surface area contributed by atoms with Crippen molar-refractivity contribution in [2.45, 2.75) is 36.6 Å². The van der Waals surface area contributed by atoms with Crippen LogP contribution in [0.3, 0.4) is 0 Å². The Morgan fingerprint density at radius 1 is 1.05 bits per heavy atom. The molecule has 0 unspecified atom stereocenters. The minimum Gasteiger partial charge on any atom is -0.508 e. The lowest BCUT2D eigenvalue weighted by atomic mass is 9.86. The van der Waals surface area contributed by atoms with Crippen LogP contribution >= 0.6 is 0 Å². The highest BCUT2D eigenvalue weighted by atomic mass is 32.2. The van der Waals surface area contributed by atoms with E-state index in [0.717, 1.165) is 10.0 Å². The smallest absolute Gasteiger partial charge is 0.269 e. The largest absolute Gasteiger partial charge is 0.508 e. The van der Waals surface area contributed by atoms with Crippen molar-refractivity contribution in [1.82, 2.24) is 18.5 Å². The zero-order valence-electron chi connectivity index (χ0n) is 19.6. The molecule has 0 radical (unpaired) electrons. The first-order valence-electron chi connectivity index (χ1n) is 12.0. The van der Waals surface area contributed by atoms with Gasteiger partial charge < -0.3 is 9.67 Å². The van der Waals surface area contributed by atoms with Crippen LogP contribution in [0.1, 0.15) is 31.7 Å². The number of pyridine rings is 1. The summed E-state index contributed by atoms with van der Waals surface area (Å²) in [6.07, 6.45) is 5.79. The van der Waals surface area contributed by atoms with Gasteiger partial charge in [-0.25, -0.2) is 26.7 Å². The number of halogens is 1. The fraction of sp³-hybridized carbons (Fsp3) is 0.222. The van der Waals surface area contributed by atoms with Crippen molar-refractivity contribution in [2.75, 3.05) is 0 Å². The van der Waals surface area contributed by atoms with E-state index in [0.29, 0.717) is 47.9 Å². The second kappa shape index (κ2) is 8.71. The average Bonchev–Trinajstić information content (AvgIpc) is 3.51. The molecule has 6 rings (SSSR count). The van der Waals surface area contributed by atoms with Gasteiger partial charge in [0.25, 0.3) is 10.0 Å². The molecule has 0 spiro atoms. The number of hydrogen-bond donors (Lipinski definition) is 1. The van der Waals surface area contributed by atoms with E-state index < -0.39 is 15.8 Å². The van der Waals surface area contributed by atoms with Crippen LogP contribution in [0.2, 0.25) is 0 Å². The monoisotopic (exact) mass is 515 g/mol. The Hall–Kier alpha value is -4.23. The lowest BCUT2D eigenvalue weighted by molar-refractivity contribution is 0.320. The van der Waals surface area contributed by atoms with Gasteiger partial charge in [-0.2, -0.15) is 5.26 Å². The van der Waals surface area contributed by atoms with Crippen molar-refractivity contribution in [1.29, 1.82) is 5.26 Å². The summed E-state index contributed by atoms with van der Waals surface area (Å²) in [6.45, 7) is 0. The van der Waals surface area contributed by atoms with Crippen molar-refractivity contribution in [3.8, 4) is 23.2 Å². The van der Waals surface area contributed by atoms with Gasteiger partial charge in [-0.05, 0) is 56.0 Å². The highest BCUT2D eigenvalue weighted by molar-refractivity contribution is 7.90. The van der Waals surface area contributed by atoms with Crippen LogP contribution in [-0.2, 0) is 10.0 Å². The van der Waals surface area contributed by atoms with E-state index in [1.165, 1.54) is 36.7 Å². The first-order valence-corrected chi connectivity index (χ1v) is 13.4. The molecule has 0 atom stereocenters. The van der Waals surface area contributed by atoms with Gasteiger partial charge in [-0.15, -0.1) is 0 Å². The number of imidazole rings is 1. The molecule has 1 fully saturated rings. The standard InChI is InChI=1S/C27H22FN5O3S/c28-23-14-19(34)10-11-21(23)27-31-24-16-30-26-22(25(24)33(27)18-8-6-17(15-29)7-9-18)12-13-32(26)37(35,36)20-4-2-1-3-5-20/h1-5,10-14,16-18,34H,6-9H2. The molecule has 1 N–H and O–H groups in total. The highest BCUT2D eigenvalue weighted by Crippen LogP contribution is 2.40. The lowest BCUT2D eigenvalue weighted by Gasteiger charge is -2.28. The Kier molecular flexibility index (Phi) is 5.46.